The summed E-state index contributed by atoms with van der Waals surface area (Å²) in [5.41, 5.74) is 1.16. The fourth-order valence-electron chi connectivity index (χ4n) is 7.10. The largest absolute Gasteiger partial charge is 0.459 e. The number of rotatable bonds is 6. The minimum atomic E-state index is -1.47. The van der Waals surface area contributed by atoms with E-state index in [0.29, 0.717) is 18.6 Å². The highest BCUT2D eigenvalue weighted by Crippen LogP contribution is 2.62. The third-order valence-corrected chi connectivity index (χ3v) is 9.11. The van der Waals surface area contributed by atoms with Gasteiger partial charge in [0.15, 0.2) is 6.29 Å². The number of ether oxygens (including phenoxy) is 3. The van der Waals surface area contributed by atoms with E-state index in [9.17, 15) is 30.3 Å². The van der Waals surface area contributed by atoms with Gasteiger partial charge in [-0.3, -0.25) is 0 Å². The minimum absolute atomic E-state index is 0.00351. The van der Waals surface area contributed by atoms with E-state index in [4.69, 9.17) is 14.2 Å². The molecule has 0 aromatic heterocycles. The molecule has 2 saturated heterocycles. The van der Waals surface area contributed by atoms with E-state index in [-0.39, 0.29) is 29.3 Å². The standard InChI is InChI=1S/C26H40O9/c1-14-5-8-19-25(2,13-34-24-22(31)21(30)20(29)18(11-27)35-24)9-4-10-26(19,3)16(14)7-6-15-17(28)12-33-23(15)32/h6,16-22,24,27-31H,1,4-5,7-13H2,2-3H3/b15-6+/t16-,17+,18-,19+,20+,21+,22+,24-,25-,26+/m0/s1. The van der Waals surface area contributed by atoms with Crippen molar-refractivity contribution in [3.05, 3.63) is 23.8 Å². The van der Waals surface area contributed by atoms with Crippen LogP contribution in [0.25, 0.3) is 0 Å². The van der Waals surface area contributed by atoms with Crippen molar-refractivity contribution in [1.82, 2.24) is 0 Å². The predicted molar refractivity (Wildman–Crippen MR) is 125 cm³/mol. The molecule has 0 amide bonds. The van der Waals surface area contributed by atoms with Crippen molar-refractivity contribution >= 4 is 5.97 Å². The maximum atomic E-state index is 12.0. The molecule has 2 aliphatic heterocycles. The van der Waals surface area contributed by atoms with E-state index < -0.39 is 49.4 Å². The quantitative estimate of drug-likeness (QED) is 0.205. The second-order valence-corrected chi connectivity index (χ2v) is 11.3. The van der Waals surface area contributed by atoms with Gasteiger partial charge in [-0.1, -0.05) is 38.5 Å². The highest BCUT2D eigenvalue weighted by molar-refractivity contribution is 5.91. The first kappa shape index (κ1) is 26.7. The SMILES string of the molecule is C=C1CC[C@@H]2[C@](C)(CO[C@H]3O[C@@H](CO)[C@@H](O)[C@@H](O)[C@H]3O)CCC[C@]2(C)[C@H]1C/C=C1/C(=O)OC[C@H]1O. The molecule has 0 aromatic rings. The van der Waals surface area contributed by atoms with Crippen LogP contribution < -0.4 is 0 Å². The lowest BCUT2D eigenvalue weighted by molar-refractivity contribution is -0.309. The number of carbonyl (C=O) groups excluding carboxylic acids is 1. The summed E-state index contributed by atoms with van der Waals surface area (Å²) < 4.78 is 16.6. The van der Waals surface area contributed by atoms with Crippen LogP contribution in [0, 0.1) is 22.7 Å². The van der Waals surface area contributed by atoms with Gasteiger partial charge in [0.2, 0.25) is 0 Å². The fourth-order valence-corrected chi connectivity index (χ4v) is 7.10. The van der Waals surface area contributed by atoms with Crippen molar-refractivity contribution < 1.29 is 44.5 Å². The van der Waals surface area contributed by atoms with Crippen molar-refractivity contribution in [2.24, 2.45) is 22.7 Å². The first-order chi connectivity index (χ1) is 16.5. The smallest absolute Gasteiger partial charge is 0.336 e. The van der Waals surface area contributed by atoms with E-state index >= 15 is 0 Å². The van der Waals surface area contributed by atoms with Crippen LogP contribution in [-0.2, 0) is 19.0 Å². The van der Waals surface area contributed by atoms with Gasteiger partial charge in [-0.05, 0) is 54.8 Å². The topological polar surface area (TPSA) is 146 Å². The summed E-state index contributed by atoms with van der Waals surface area (Å²) in [5, 5.41) is 50.1. The van der Waals surface area contributed by atoms with E-state index in [0.717, 1.165) is 37.7 Å². The van der Waals surface area contributed by atoms with Crippen LogP contribution in [0.2, 0.25) is 0 Å². The average Bonchev–Trinajstić information content (AvgIpc) is 3.13. The molecule has 0 unspecified atom stereocenters. The van der Waals surface area contributed by atoms with Crippen LogP contribution in [0.1, 0.15) is 52.4 Å². The first-order valence-electron chi connectivity index (χ1n) is 12.7. The normalized spacial score (nSPS) is 47.6. The first-order valence-corrected chi connectivity index (χ1v) is 12.7. The molecule has 198 valence electrons. The summed E-state index contributed by atoms with van der Waals surface area (Å²) in [6.45, 7) is 8.62. The van der Waals surface area contributed by atoms with Crippen LogP contribution >= 0.6 is 0 Å². The number of fused-ring (bicyclic) bond motifs is 1. The third-order valence-electron chi connectivity index (χ3n) is 9.11. The van der Waals surface area contributed by atoms with Gasteiger partial charge < -0.3 is 39.7 Å². The molecule has 5 N–H and O–H groups in total. The van der Waals surface area contributed by atoms with Crippen molar-refractivity contribution in [3.8, 4) is 0 Å². The maximum Gasteiger partial charge on any atom is 0.336 e. The molecule has 10 atom stereocenters. The van der Waals surface area contributed by atoms with Gasteiger partial charge in [0.25, 0.3) is 0 Å². The summed E-state index contributed by atoms with van der Waals surface area (Å²) in [5.74, 6) is -0.0359. The van der Waals surface area contributed by atoms with Crippen molar-refractivity contribution in [3.63, 3.8) is 0 Å². The lowest BCUT2D eigenvalue weighted by Crippen LogP contribution is -2.60. The van der Waals surface area contributed by atoms with Gasteiger partial charge in [-0.15, -0.1) is 0 Å². The molecule has 2 saturated carbocycles. The number of aliphatic hydroxyl groups excluding tert-OH is 5. The monoisotopic (exact) mass is 496 g/mol. The second kappa shape index (κ2) is 10.2. The van der Waals surface area contributed by atoms with Gasteiger partial charge in [-0.2, -0.15) is 0 Å². The Labute approximate surface area is 206 Å². The predicted octanol–water partition coefficient (Wildman–Crippen LogP) is 0.816. The molecule has 0 bridgehead atoms. The number of cyclic esters (lactones) is 1. The van der Waals surface area contributed by atoms with Gasteiger partial charge in [0.05, 0.1) is 18.8 Å². The van der Waals surface area contributed by atoms with Gasteiger partial charge in [-0.25, -0.2) is 4.79 Å². The molecule has 4 aliphatic rings. The van der Waals surface area contributed by atoms with E-state index in [1.165, 1.54) is 0 Å². The Morgan fingerprint density at radius 3 is 2.54 bits per heavy atom. The number of allylic oxidation sites excluding steroid dienone is 2. The van der Waals surface area contributed by atoms with Crippen molar-refractivity contribution in [1.29, 1.82) is 0 Å². The number of hydrogen-bond acceptors (Lipinski definition) is 9. The molecule has 9 nitrogen and oxygen atoms in total. The van der Waals surface area contributed by atoms with Crippen LogP contribution in [0.15, 0.2) is 23.8 Å². The Bertz CT molecular complexity index is 841. The molecule has 35 heavy (non-hydrogen) atoms. The number of hydrogen-bond donors (Lipinski definition) is 5. The average molecular weight is 497 g/mol. The molecule has 4 rings (SSSR count). The molecule has 4 fully saturated rings. The maximum absolute atomic E-state index is 12.0. The van der Waals surface area contributed by atoms with Crippen LogP contribution in [0.4, 0.5) is 0 Å². The van der Waals surface area contributed by atoms with Gasteiger partial charge >= 0.3 is 5.97 Å². The minimum Gasteiger partial charge on any atom is -0.459 e. The Morgan fingerprint density at radius 2 is 1.89 bits per heavy atom. The summed E-state index contributed by atoms with van der Waals surface area (Å²) in [6, 6.07) is 0. The van der Waals surface area contributed by atoms with E-state index in [1.54, 1.807) is 0 Å². The van der Waals surface area contributed by atoms with Crippen molar-refractivity contribution in [2.75, 3.05) is 19.8 Å². The summed E-state index contributed by atoms with van der Waals surface area (Å²) in [4.78, 5) is 12.0. The Morgan fingerprint density at radius 1 is 1.14 bits per heavy atom. The second-order valence-electron chi connectivity index (χ2n) is 11.3. The lowest BCUT2D eigenvalue weighted by atomic mass is 9.47. The molecular formula is C26H40O9. The van der Waals surface area contributed by atoms with Crippen LogP contribution in [0.5, 0.6) is 0 Å². The zero-order chi connectivity index (χ0) is 25.5. The molecule has 0 radical (unpaired) electrons. The molecular weight excluding hydrogens is 456 g/mol. The number of carbonyl (C=O) groups is 1. The zero-order valence-electron chi connectivity index (χ0n) is 20.6. The van der Waals surface area contributed by atoms with Gasteiger partial charge in [0, 0.05) is 0 Å². The number of aliphatic hydroxyl groups is 5. The van der Waals surface area contributed by atoms with Crippen LogP contribution in [-0.4, -0.2) is 88.1 Å². The highest BCUT2D eigenvalue weighted by Gasteiger charge is 2.55. The molecule has 0 aromatic carbocycles. The fraction of sp³-hybridized carbons (Fsp3) is 0.808. The zero-order valence-corrected chi connectivity index (χ0v) is 20.6. The number of esters is 1. The van der Waals surface area contributed by atoms with Crippen LogP contribution in [0.3, 0.4) is 0 Å². The summed E-state index contributed by atoms with van der Waals surface area (Å²) in [7, 11) is 0. The molecule has 0 spiro atoms. The lowest BCUT2D eigenvalue weighted by Gasteiger charge is -2.59. The Balaban J connectivity index is 1.50. The Kier molecular flexibility index (Phi) is 7.79. The molecule has 2 heterocycles. The summed E-state index contributed by atoms with van der Waals surface area (Å²) in [6.07, 6.45) is -0.201. The molecule has 2 aliphatic carbocycles. The summed E-state index contributed by atoms with van der Waals surface area (Å²) >= 11 is 0. The van der Waals surface area contributed by atoms with E-state index in [2.05, 4.69) is 20.4 Å². The molecule has 9 heteroatoms. The van der Waals surface area contributed by atoms with Gasteiger partial charge in [0.1, 0.15) is 37.1 Å². The Hall–Kier alpha value is -1.33. The highest BCUT2D eigenvalue weighted by atomic mass is 16.7. The third kappa shape index (κ3) is 4.84. The van der Waals surface area contributed by atoms with E-state index in [1.807, 2.05) is 6.08 Å². The van der Waals surface area contributed by atoms with Crippen molar-refractivity contribution in [2.45, 2.75) is 89.2 Å².